The molecule has 0 atom stereocenters. The van der Waals surface area contributed by atoms with Crippen LogP contribution in [0, 0.1) is 17.0 Å². The van der Waals surface area contributed by atoms with Crippen LogP contribution in [-0.4, -0.2) is 16.5 Å². The molecule has 0 saturated carbocycles. The van der Waals surface area contributed by atoms with Gasteiger partial charge in [0.2, 0.25) is 0 Å². The number of aromatic nitrogens is 1. The first-order chi connectivity index (χ1) is 10.1. The minimum atomic E-state index is -0.404. The topological polar surface area (TPSA) is 65.3 Å². The minimum absolute atomic E-state index is 0.00179. The van der Waals surface area contributed by atoms with E-state index in [2.05, 4.69) is 4.98 Å². The van der Waals surface area contributed by atoms with E-state index in [1.54, 1.807) is 18.3 Å². The molecule has 5 heteroatoms. The number of benzene rings is 1. The maximum absolute atomic E-state index is 11.2. The van der Waals surface area contributed by atoms with Gasteiger partial charge in [-0.2, -0.15) is 0 Å². The van der Waals surface area contributed by atoms with E-state index in [1.807, 2.05) is 32.0 Å². The standard InChI is InChI=1S/C16H18N2O3/c1-3-4-9-21-16-6-5-13(11-15(16)18(19)20)14-7-8-17-12(2)10-14/h5-8,10-11H,3-4,9H2,1-2H3. The molecule has 0 unspecified atom stereocenters. The van der Waals surface area contributed by atoms with Gasteiger partial charge in [0.1, 0.15) is 0 Å². The lowest BCUT2D eigenvalue weighted by molar-refractivity contribution is -0.385. The van der Waals surface area contributed by atoms with Gasteiger partial charge in [0.15, 0.2) is 5.75 Å². The van der Waals surface area contributed by atoms with Crippen molar-refractivity contribution in [2.75, 3.05) is 6.61 Å². The SMILES string of the molecule is CCCCOc1ccc(-c2ccnc(C)c2)cc1[N+](=O)[O-]. The lowest BCUT2D eigenvalue weighted by Gasteiger charge is -2.08. The number of nitro benzene ring substituents is 1. The summed E-state index contributed by atoms with van der Waals surface area (Å²) in [5.74, 6) is 0.322. The zero-order valence-electron chi connectivity index (χ0n) is 12.2. The Morgan fingerprint density at radius 3 is 2.67 bits per heavy atom. The minimum Gasteiger partial charge on any atom is -0.487 e. The van der Waals surface area contributed by atoms with Crippen LogP contribution in [-0.2, 0) is 0 Å². The highest BCUT2D eigenvalue weighted by atomic mass is 16.6. The number of nitrogens with zero attached hydrogens (tertiary/aromatic N) is 2. The second-order valence-electron chi connectivity index (χ2n) is 4.83. The molecule has 5 nitrogen and oxygen atoms in total. The van der Waals surface area contributed by atoms with Gasteiger partial charge in [-0.15, -0.1) is 0 Å². The van der Waals surface area contributed by atoms with Crippen LogP contribution in [0.5, 0.6) is 5.75 Å². The average Bonchev–Trinajstić information content (AvgIpc) is 2.47. The van der Waals surface area contributed by atoms with Gasteiger partial charge in [-0.05, 0) is 42.7 Å². The Kier molecular flexibility index (Phi) is 4.87. The van der Waals surface area contributed by atoms with E-state index in [9.17, 15) is 10.1 Å². The van der Waals surface area contributed by atoms with Gasteiger partial charge in [-0.25, -0.2) is 0 Å². The van der Waals surface area contributed by atoms with E-state index in [-0.39, 0.29) is 5.69 Å². The first kappa shape index (κ1) is 15.0. The Hall–Kier alpha value is -2.43. The summed E-state index contributed by atoms with van der Waals surface area (Å²) in [7, 11) is 0. The maximum Gasteiger partial charge on any atom is 0.311 e. The second-order valence-corrected chi connectivity index (χ2v) is 4.83. The predicted molar refractivity (Wildman–Crippen MR) is 81.5 cm³/mol. The normalized spacial score (nSPS) is 10.4. The van der Waals surface area contributed by atoms with E-state index < -0.39 is 4.92 Å². The van der Waals surface area contributed by atoms with Crippen LogP contribution in [0.3, 0.4) is 0 Å². The summed E-state index contributed by atoms with van der Waals surface area (Å²) in [5, 5.41) is 11.2. The van der Waals surface area contributed by atoms with E-state index in [0.29, 0.717) is 12.4 Å². The Balaban J connectivity index is 2.33. The molecule has 0 spiro atoms. The first-order valence-electron chi connectivity index (χ1n) is 6.96. The summed E-state index contributed by atoms with van der Waals surface area (Å²) >= 11 is 0. The third-order valence-corrected chi connectivity index (χ3v) is 3.14. The third kappa shape index (κ3) is 3.78. The number of hydrogen-bond donors (Lipinski definition) is 0. The molecule has 0 saturated heterocycles. The van der Waals surface area contributed by atoms with Gasteiger partial charge >= 0.3 is 5.69 Å². The van der Waals surface area contributed by atoms with Crippen molar-refractivity contribution < 1.29 is 9.66 Å². The van der Waals surface area contributed by atoms with Crippen LogP contribution >= 0.6 is 0 Å². The number of rotatable bonds is 6. The molecule has 1 aromatic heterocycles. The molecule has 110 valence electrons. The molecule has 21 heavy (non-hydrogen) atoms. The van der Waals surface area contributed by atoms with Crippen LogP contribution in [0.4, 0.5) is 5.69 Å². The molecule has 0 aliphatic rings. The molecule has 1 heterocycles. The second kappa shape index (κ2) is 6.83. The molecule has 0 radical (unpaired) electrons. The number of pyridine rings is 1. The van der Waals surface area contributed by atoms with Crippen molar-refractivity contribution in [3.05, 3.63) is 52.3 Å². The Morgan fingerprint density at radius 2 is 2.00 bits per heavy atom. The monoisotopic (exact) mass is 286 g/mol. The predicted octanol–water partition coefficient (Wildman–Crippen LogP) is 4.14. The number of nitro groups is 1. The number of ether oxygens (including phenoxy) is 1. The summed E-state index contributed by atoms with van der Waals surface area (Å²) in [6, 6.07) is 8.79. The molecular formula is C16H18N2O3. The Morgan fingerprint density at radius 1 is 1.24 bits per heavy atom. The van der Waals surface area contributed by atoms with Crippen molar-refractivity contribution in [1.82, 2.24) is 4.98 Å². The number of unbranched alkanes of at least 4 members (excludes halogenated alkanes) is 1. The molecule has 0 aliphatic carbocycles. The fourth-order valence-electron chi connectivity index (χ4n) is 2.01. The molecule has 0 amide bonds. The summed E-state index contributed by atoms with van der Waals surface area (Å²) in [5.41, 5.74) is 2.57. The van der Waals surface area contributed by atoms with Gasteiger partial charge in [0.05, 0.1) is 11.5 Å². The fraction of sp³-hybridized carbons (Fsp3) is 0.312. The van der Waals surface area contributed by atoms with Crippen LogP contribution < -0.4 is 4.74 Å². The van der Waals surface area contributed by atoms with Crippen molar-refractivity contribution in [3.8, 4) is 16.9 Å². The van der Waals surface area contributed by atoms with Crippen LogP contribution in [0.2, 0.25) is 0 Å². The molecule has 2 aromatic rings. The lowest BCUT2D eigenvalue weighted by Crippen LogP contribution is -2.00. The highest BCUT2D eigenvalue weighted by molar-refractivity contribution is 5.68. The third-order valence-electron chi connectivity index (χ3n) is 3.14. The molecule has 2 rings (SSSR count). The fourth-order valence-corrected chi connectivity index (χ4v) is 2.01. The van der Waals surface area contributed by atoms with Crippen molar-refractivity contribution in [3.63, 3.8) is 0 Å². The van der Waals surface area contributed by atoms with E-state index >= 15 is 0 Å². The van der Waals surface area contributed by atoms with E-state index in [0.717, 1.165) is 29.7 Å². The Labute approximate surface area is 123 Å². The van der Waals surface area contributed by atoms with Crippen molar-refractivity contribution in [2.45, 2.75) is 26.7 Å². The highest BCUT2D eigenvalue weighted by Gasteiger charge is 2.16. The zero-order chi connectivity index (χ0) is 15.2. The lowest BCUT2D eigenvalue weighted by atomic mass is 10.1. The van der Waals surface area contributed by atoms with E-state index in [4.69, 9.17) is 4.74 Å². The van der Waals surface area contributed by atoms with Gasteiger partial charge in [0.25, 0.3) is 0 Å². The van der Waals surface area contributed by atoms with Crippen LogP contribution in [0.25, 0.3) is 11.1 Å². The van der Waals surface area contributed by atoms with Crippen molar-refractivity contribution in [1.29, 1.82) is 0 Å². The van der Waals surface area contributed by atoms with Crippen LogP contribution in [0.1, 0.15) is 25.5 Å². The smallest absolute Gasteiger partial charge is 0.311 e. The quantitative estimate of drug-likeness (QED) is 0.454. The summed E-state index contributed by atoms with van der Waals surface area (Å²) in [4.78, 5) is 14.9. The zero-order valence-corrected chi connectivity index (χ0v) is 12.2. The molecule has 0 bridgehead atoms. The Bertz CT molecular complexity index is 641. The molecule has 0 aliphatic heterocycles. The van der Waals surface area contributed by atoms with Gasteiger partial charge < -0.3 is 4.74 Å². The number of aryl methyl sites for hydroxylation is 1. The van der Waals surface area contributed by atoms with Crippen molar-refractivity contribution in [2.24, 2.45) is 0 Å². The van der Waals surface area contributed by atoms with Gasteiger partial charge in [-0.1, -0.05) is 19.4 Å². The van der Waals surface area contributed by atoms with Crippen molar-refractivity contribution >= 4 is 5.69 Å². The molecular weight excluding hydrogens is 268 g/mol. The summed E-state index contributed by atoms with van der Waals surface area (Å²) in [6.07, 6.45) is 3.56. The highest BCUT2D eigenvalue weighted by Crippen LogP contribution is 2.32. The summed E-state index contributed by atoms with van der Waals surface area (Å²) in [6.45, 7) is 4.43. The summed E-state index contributed by atoms with van der Waals surface area (Å²) < 4.78 is 5.50. The van der Waals surface area contributed by atoms with Gasteiger partial charge in [-0.3, -0.25) is 15.1 Å². The molecule has 0 N–H and O–H groups in total. The van der Waals surface area contributed by atoms with Crippen LogP contribution in [0.15, 0.2) is 36.5 Å². The molecule has 0 fully saturated rings. The number of hydrogen-bond acceptors (Lipinski definition) is 4. The maximum atomic E-state index is 11.2. The largest absolute Gasteiger partial charge is 0.487 e. The first-order valence-corrected chi connectivity index (χ1v) is 6.96. The van der Waals surface area contributed by atoms with Gasteiger partial charge in [0, 0.05) is 18.0 Å². The molecule has 1 aromatic carbocycles. The van der Waals surface area contributed by atoms with E-state index in [1.165, 1.54) is 0 Å². The average molecular weight is 286 g/mol.